The predicted molar refractivity (Wildman–Crippen MR) is 84.6 cm³/mol. The normalized spacial score (nSPS) is 13.4. The summed E-state index contributed by atoms with van der Waals surface area (Å²) in [6, 6.07) is 10.4. The number of methoxy groups -OCH3 is 1. The van der Waals surface area contributed by atoms with Crippen molar-refractivity contribution in [3.8, 4) is 0 Å². The van der Waals surface area contributed by atoms with Crippen LogP contribution in [0, 0.1) is 5.92 Å². The second-order valence-corrected chi connectivity index (χ2v) is 6.85. The summed E-state index contributed by atoms with van der Waals surface area (Å²) in [6.45, 7) is 2.76. The molecule has 114 valence electrons. The third-order valence-corrected chi connectivity index (χ3v) is 4.76. The van der Waals surface area contributed by atoms with Crippen LogP contribution in [0.4, 0.5) is 5.69 Å². The van der Waals surface area contributed by atoms with Crippen LogP contribution in [-0.2, 0) is 14.8 Å². The van der Waals surface area contributed by atoms with Crippen molar-refractivity contribution in [1.29, 1.82) is 0 Å². The zero-order valence-corrected chi connectivity index (χ0v) is 13.0. The minimum absolute atomic E-state index is 0.102. The Morgan fingerprint density at radius 3 is 2.52 bits per heavy atom. The van der Waals surface area contributed by atoms with E-state index in [4.69, 9.17) is 10.5 Å². The Morgan fingerprint density at radius 2 is 1.86 bits per heavy atom. The van der Waals surface area contributed by atoms with Crippen LogP contribution in [0.3, 0.4) is 0 Å². The van der Waals surface area contributed by atoms with Gasteiger partial charge in [-0.05, 0) is 18.1 Å². The molecule has 2 aromatic carbocycles. The molecule has 2 rings (SSSR count). The molecule has 1 unspecified atom stereocenters. The molecule has 0 radical (unpaired) electrons. The highest BCUT2D eigenvalue weighted by atomic mass is 32.2. The fourth-order valence-electron chi connectivity index (χ4n) is 2.20. The molecule has 0 aromatic heterocycles. The average Bonchev–Trinajstić information content (AvgIpc) is 2.46. The van der Waals surface area contributed by atoms with E-state index in [1.165, 1.54) is 0 Å². The molecule has 0 aliphatic heterocycles. The Hall–Kier alpha value is -1.63. The van der Waals surface area contributed by atoms with Crippen molar-refractivity contribution in [2.24, 2.45) is 5.92 Å². The summed E-state index contributed by atoms with van der Waals surface area (Å²) in [5.41, 5.74) is 6.47. The Kier molecular flexibility index (Phi) is 4.82. The first kappa shape index (κ1) is 15.8. The molecular weight excluding hydrogens is 288 g/mol. The number of nitrogens with two attached hydrogens (primary N) is 1. The number of hydrogen-bond acceptors (Lipinski definition) is 4. The van der Waals surface area contributed by atoms with Crippen LogP contribution >= 0.6 is 0 Å². The van der Waals surface area contributed by atoms with Crippen LogP contribution < -0.4 is 10.5 Å². The van der Waals surface area contributed by atoms with Crippen molar-refractivity contribution in [2.45, 2.75) is 11.8 Å². The van der Waals surface area contributed by atoms with Crippen LogP contribution in [-0.4, -0.2) is 28.7 Å². The number of nitrogen functional groups attached to an aromatic ring is 1. The topological polar surface area (TPSA) is 81.4 Å². The summed E-state index contributed by atoms with van der Waals surface area (Å²) >= 11 is 0. The molecule has 0 spiro atoms. The van der Waals surface area contributed by atoms with E-state index in [-0.39, 0.29) is 10.8 Å². The maximum atomic E-state index is 12.5. The zero-order valence-electron chi connectivity index (χ0n) is 12.2. The average molecular weight is 308 g/mol. The third-order valence-electron chi connectivity index (χ3n) is 3.28. The van der Waals surface area contributed by atoms with Gasteiger partial charge in [-0.25, -0.2) is 13.1 Å². The Morgan fingerprint density at radius 1 is 1.19 bits per heavy atom. The van der Waals surface area contributed by atoms with Gasteiger partial charge in [-0.15, -0.1) is 0 Å². The van der Waals surface area contributed by atoms with E-state index in [2.05, 4.69) is 4.72 Å². The van der Waals surface area contributed by atoms with Gasteiger partial charge in [-0.1, -0.05) is 31.2 Å². The largest absolute Gasteiger partial charge is 0.398 e. The highest BCUT2D eigenvalue weighted by Gasteiger charge is 2.18. The van der Waals surface area contributed by atoms with E-state index >= 15 is 0 Å². The van der Waals surface area contributed by atoms with Crippen molar-refractivity contribution >= 4 is 26.5 Å². The van der Waals surface area contributed by atoms with Gasteiger partial charge in [0.05, 0.1) is 4.90 Å². The monoisotopic (exact) mass is 308 g/mol. The van der Waals surface area contributed by atoms with Crippen LogP contribution in [0.2, 0.25) is 0 Å². The van der Waals surface area contributed by atoms with Gasteiger partial charge in [-0.3, -0.25) is 0 Å². The second kappa shape index (κ2) is 6.43. The molecule has 5 nitrogen and oxygen atoms in total. The van der Waals surface area contributed by atoms with Gasteiger partial charge in [0.1, 0.15) is 0 Å². The first-order valence-electron chi connectivity index (χ1n) is 6.71. The van der Waals surface area contributed by atoms with Crippen LogP contribution in [0.25, 0.3) is 10.8 Å². The van der Waals surface area contributed by atoms with E-state index in [1.54, 1.807) is 31.4 Å². The van der Waals surface area contributed by atoms with Crippen molar-refractivity contribution in [3.63, 3.8) is 0 Å². The number of fused-ring (bicyclic) bond motifs is 1. The van der Waals surface area contributed by atoms with Crippen molar-refractivity contribution < 1.29 is 13.2 Å². The van der Waals surface area contributed by atoms with E-state index in [0.717, 1.165) is 5.39 Å². The smallest absolute Gasteiger partial charge is 0.241 e. The standard InChI is InChI=1S/C15H20N2O3S/c1-11(10-20-2)9-17-21(18,19)15-8-7-14(16)12-5-3-4-6-13(12)15/h3-8,11,17H,9-10,16H2,1-2H3. The molecule has 0 fully saturated rings. The molecule has 6 heteroatoms. The Bertz CT molecular complexity index is 729. The third kappa shape index (κ3) is 3.53. The lowest BCUT2D eigenvalue weighted by atomic mass is 10.1. The van der Waals surface area contributed by atoms with E-state index in [9.17, 15) is 8.42 Å². The first-order valence-corrected chi connectivity index (χ1v) is 8.20. The lowest BCUT2D eigenvalue weighted by Gasteiger charge is -2.14. The first-order chi connectivity index (χ1) is 9.95. The van der Waals surface area contributed by atoms with E-state index in [0.29, 0.717) is 24.2 Å². The molecule has 0 amide bonds. The molecule has 3 N–H and O–H groups in total. The van der Waals surface area contributed by atoms with Gasteiger partial charge >= 0.3 is 0 Å². The molecule has 2 aromatic rings. The van der Waals surface area contributed by atoms with Gasteiger partial charge < -0.3 is 10.5 Å². The number of anilines is 1. The summed E-state index contributed by atoms with van der Waals surface area (Å²) in [5.74, 6) is 0.102. The van der Waals surface area contributed by atoms with Crippen LogP contribution in [0.15, 0.2) is 41.3 Å². The van der Waals surface area contributed by atoms with E-state index in [1.807, 2.05) is 19.1 Å². The van der Waals surface area contributed by atoms with Gasteiger partial charge in [0.15, 0.2) is 0 Å². The second-order valence-electron chi connectivity index (χ2n) is 5.11. The molecule has 1 atom stereocenters. The van der Waals surface area contributed by atoms with Gasteiger partial charge in [-0.2, -0.15) is 0 Å². The molecule has 0 aliphatic rings. The molecule has 0 saturated carbocycles. The predicted octanol–water partition coefficient (Wildman–Crippen LogP) is 1.98. The molecule has 0 bridgehead atoms. The molecule has 0 heterocycles. The van der Waals surface area contributed by atoms with Crippen molar-refractivity contribution in [2.75, 3.05) is 26.0 Å². The maximum Gasteiger partial charge on any atom is 0.241 e. The SMILES string of the molecule is COCC(C)CNS(=O)(=O)c1ccc(N)c2ccccc12. The number of nitrogens with one attached hydrogen (secondary N) is 1. The van der Waals surface area contributed by atoms with Crippen molar-refractivity contribution in [1.82, 2.24) is 4.72 Å². The van der Waals surface area contributed by atoms with Gasteiger partial charge in [0.2, 0.25) is 10.0 Å². The fourth-order valence-corrected chi connectivity index (χ4v) is 3.58. The molecular formula is C15H20N2O3S. The van der Waals surface area contributed by atoms with Gasteiger partial charge in [0.25, 0.3) is 0 Å². The number of hydrogen-bond donors (Lipinski definition) is 2. The number of ether oxygens (including phenoxy) is 1. The van der Waals surface area contributed by atoms with Gasteiger partial charge in [0, 0.05) is 36.7 Å². The maximum absolute atomic E-state index is 12.5. The summed E-state index contributed by atoms with van der Waals surface area (Å²) in [5, 5.41) is 1.37. The van der Waals surface area contributed by atoms with Crippen LogP contribution in [0.1, 0.15) is 6.92 Å². The van der Waals surface area contributed by atoms with Crippen LogP contribution in [0.5, 0.6) is 0 Å². The zero-order chi connectivity index (χ0) is 15.5. The highest BCUT2D eigenvalue weighted by molar-refractivity contribution is 7.89. The number of sulfonamides is 1. The Balaban J connectivity index is 2.35. The summed E-state index contributed by atoms with van der Waals surface area (Å²) in [7, 11) is -1.98. The van der Waals surface area contributed by atoms with E-state index < -0.39 is 10.0 Å². The van der Waals surface area contributed by atoms with Crippen molar-refractivity contribution in [3.05, 3.63) is 36.4 Å². The quantitative estimate of drug-likeness (QED) is 0.800. The molecule has 0 saturated heterocycles. The lowest BCUT2D eigenvalue weighted by Crippen LogP contribution is -2.30. The summed E-state index contributed by atoms with van der Waals surface area (Å²) in [4.78, 5) is 0.247. The number of rotatable bonds is 6. The molecule has 0 aliphatic carbocycles. The Labute approximate surface area is 125 Å². The highest BCUT2D eigenvalue weighted by Crippen LogP contribution is 2.27. The lowest BCUT2D eigenvalue weighted by molar-refractivity contribution is 0.161. The molecule has 21 heavy (non-hydrogen) atoms. The minimum atomic E-state index is -3.58. The number of benzene rings is 2. The summed E-state index contributed by atoms with van der Waals surface area (Å²) < 4.78 is 32.6. The fraction of sp³-hybridized carbons (Fsp3) is 0.333. The summed E-state index contributed by atoms with van der Waals surface area (Å²) in [6.07, 6.45) is 0. The minimum Gasteiger partial charge on any atom is -0.398 e.